The van der Waals surface area contributed by atoms with E-state index in [4.69, 9.17) is 5.73 Å². The highest BCUT2D eigenvalue weighted by atomic mass is 19.1. The van der Waals surface area contributed by atoms with Crippen LogP contribution in [0.4, 0.5) is 10.1 Å². The first kappa shape index (κ1) is 14.8. The lowest BCUT2D eigenvalue weighted by Crippen LogP contribution is -2.35. The van der Waals surface area contributed by atoms with E-state index in [-0.39, 0.29) is 11.4 Å². The highest BCUT2D eigenvalue weighted by Crippen LogP contribution is 2.27. The van der Waals surface area contributed by atoms with Crippen molar-refractivity contribution in [2.75, 3.05) is 31.6 Å². The van der Waals surface area contributed by atoms with Gasteiger partial charge < -0.3 is 16.0 Å². The molecule has 0 unspecified atom stereocenters. The Morgan fingerprint density at radius 3 is 2.70 bits per heavy atom. The molecule has 0 aliphatic carbocycles. The molecule has 110 valence electrons. The van der Waals surface area contributed by atoms with Gasteiger partial charge in [-0.1, -0.05) is 0 Å². The van der Waals surface area contributed by atoms with Crippen LogP contribution in [0.5, 0.6) is 0 Å². The molecule has 20 heavy (non-hydrogen) atoms. The van der Waals surface area contributed by atoms with Gasteiger partial charge in [-0.2, -0.15) is 0 Å². The minimum Gasteiger partial charge on any atom is -0.369 e. The van der Waals surface area contributed by atoms with Crippen LogP contribution in [0.2, 0.25) is 0 Å². The van der Waals surface area contributed by atoms with E-state index in [0.29, 0.717) is 11.6 Å². The lowest BCUT2D eigenvalue weighted by molar-refractivity contribution is 0.1000. The number of anilines is 1. The highest BCUT2D eigenvalue weighted by molar-refractivity contribution is 5.93. The molecular formula is C15H22FN3O. The molecule has 0 aromatic heterocycles. The van der Waals surface area contributed by atoms with E-state index in [1.165, 1.54) is 12.5 Å². The number of nitrogens with one attached hydrogen (secondary N) is 1. The first-order valence-electron chi connectivity index (χ1n) is 7.10. The van der Waals surface area contributed by atoms with Gasteiger partial charge in [0.05, 0.1) is 5.69 Å². The largest absolute Gasteiger partial charge is 0.369 e. The molecule has 4 nitrogen and oxygen atoms in total. The molecule has 0 radical (unpaired) electrons. The molecule has 1 aliphatic heterocycles. The summed E-state index contributed by atoms with van der Waals surface area (Å²) in [5.41, 5.74) is 5.94. The van der Waals surface area contributed by atoms with Gasteiger partial charge in [-0.15, -0.1) is 0 Å². The predicted molar refractivity (Wildman–Crippen MR) is 78.4 cm³/mol. The van der Waals surface area contributed by atoms with E-state index in [2.05, 4.69) is 10.2 Å². The average molecular weight is 279 g/mol. The zero-order valence-electron chi connectivity index (χ0n) is 11.9. The summed E-state index contributed by atoms with van der Waals surface area (Å²) in [5, 5.41) is 3.17. The molecule has 1 aromatic carbocycles. The maximum absolute atomic E-state index is 14.0. The van der Waals surface area contributed by atoms with Crippen LogP contribution in [0.3, 0.4) is 0 Å². The zero-order chi connectivity index (χ0) is 14.5. The van der Waals surface area contributed by atoms with E-state index in [9.17, 15) is 9.18 Å². The van der Waals surface area contributed by atoms with Crippen LogP contribution in [-0.2, 0) is 0 Å². The summed E-state index contributed by atoms with van der Waals surface area (Å²) in [6.45, 7) is 2.76. The van der Waals surface area contributed by atoms with Crippen LogP contribution >= 0.6 is 0 Å². The van der Waals surface area contributed by atoms with Crippen LogP contribution in [0.1, 0.15) is 29.6 Å². The van der Waals surface area contributed by atoms with E-state index < -0.39 is 5.91 Å². The quantitative estimate of drug-likeness (QED) is 0.863. The van der Waals surface area contributed by atoms with Gasteiger partial charge in [-0.25, -0.2) is 4.39 Å². The molecule has 1 saturated heterocycles. The Labute approximate surface area is 119 Å². The van der Waals surface area contributed by atoms with Crippen molar-refractivity contribution in [2.24, 2.45) is 11.7 Å². The molecule has 0 bridgehead atoms. The molecule has 1 amide bonds. The maximum atomic E-state index is 14.0. The summed E-state index contributed by atoms with van der Waals surface area (Å²) < 4.78 is 14.0. The molecule has 1 aromatic rings. The van der Waals surface area contributed by atoms with Gasteiger partial charge in [0, 0.05) is 18.7 Å². The van der Waals surface area contributed by atoms with Crippen LogP contribution in [0, 0.1) is 11.7 Å². The van der Waals surface area contributed by atoms with Gasteiger partial charge in [0.2, 0.25) is 5.91 Å². The van der Waals surface area contributed by atoms with Gasteiger partial charge in [-0.3, -0.25) is 4.79 Å². The summed E-state index contributed by atoms with van der Waals surface area (Å²) in [6, 6.07) is 4.47. The number of rotatable bonds is 5. The summed E-state index contributed by atoms with van der Waals surface area (Å²) in [6.07, 6.45) is 3.34. The predicted octanol–water partition coefficient (Wildman–Crippen LogP) is 1.75. The van der Waals surface area contributed by atoms with E-state index >= 15 is 0 Å². The fourth-order valence-corrected chi connectivity index (χ4v) is 2.73. The number of hydrogen-bond donors (Lipinski definition) is 2. The Hall–Kier alpha value is -1.62. The number of piperidine rings is 1. The minimum atomic E-state index is -0.596. The molecule has 2 rings (SSSR count). The van der Waals surface area contributed by atoms with E-state index in [0.717, 1.165) is 32.5 Å². The number of nitrogens with zero attached hydrogens (tertiary/aromatic N) is 1. The summed E-state index contributed by atoms with van der Waals surface area (Å²) >= 11 is 0. The number of halogens is 1. The van der Waals surface area contributed by atoms with Gasteiger partial charge in [0.25, 0.3) is 0 Å². The summed E-state index contributed by atoms with van der Waals surface area (Å²) in [7, 11) is 1.96. The third-order valence-electron chi connectivity index (χ3n) is 3.99. The topological polar surface area (TPSA) is 58.4 Å². The molecule has 0 atom stereocenters. The number of hydrogen-bond acceptors (Lipinski definition) is 3. The Balaban J connectivity index is 1.98. The zero-order valence-corrected chi connectivity index (χ0v) is 11.9. The summed E-state index contributed by atoms with van der Waals surface area (Å²) in [5.74, 6) is -0.247. The standard InChI is InChI=1S/C15H22FN3O/c1-18-7-4-11-5-8-19(9-6-11)14-3-2-12(15(17)20)10-13(14)16/h2-3,10-11,18H,4-9H2,1H3,(H2,17,20). The third kappa shape index (κ3) is 3.48. The van der Waals surface area contributed by atoms with Crippen molar-refractivity contribution < 1.29 is 9.18 Å². The van der Waals surface area contributed by atoms with Gasteiger partial charge >= 0.3 is 0 Å². The number of nitrogens with two attached hydrogens (primary N) is 1. The van der Waals surface area contributed by atoms with Crippen LogP contribution in [0.15, 0.2) is 18.2 Å². The SMILES string of the molecule is CNCCC1CCN(c2ccc(C(N)=O)cc2F)CC1. The van der Waals surface area contributed by atoms with Crippen LogP contribution in [0.25, 0.3) is 0 Å². The molecule has 0 saturated carbocycles. The van der Waals surface area contributed by atoms with Gasteiger partial charge in [-0.05, 0) is 57.0 Å². The molecule has 5 heteroatoms. The Morgan fingerprint density at radius 2 is 2.15 bits per heavy atom. The van der Waals surface area contributed by atoms with Crippen LogP contribution in [-0.4, -0.2) is 32.6 Å². The molecule has 1 fully saturated rings. The molecular weight excluding hydrogens is 257 g/mol. The molecule has 1 heterocycles. The van der Waals surface area contributed by atoms with Crippen LogP contribution < -0.4 is 16.0 Å². The summed E-state index contributed by atoms with van der Waals surface area (Å²) in [4.78, 5) is 13.1. The second-order valence-electron chi connectivity index (χ2n) is 5.35. The Bertz CT molecular complexity index is 470. The van der Waals surface area contributed by atoms with Gasteiger partial charge in [0.1, 0.15) is 5.82 Å². The van der Waals surface area contributed by atoms with Crippen molar-refractivity contribution in [1.29, 1.82) is 0 Å². The van der Waals surface area contributed by atoms with Crippen molar-refractivity contribution >= 4 is 11.6 Å². The Kier molecular flexibility index (Phi) is 4.95. The first-order valence-corrected chi connectivity index (χ1v) is 7.10. The number of amides is 1. The van der Waals surface area contributed by atoms with Crippen molar-refractivity contribution in [2.45, 2.75) is 19.3 Å². The number of carbonyl (C=O) groups is 1. The average Bonchev–Trinajstić information content (AvgIpc) is 2.45. The maximum Gasteiger partial charge on any atom is 0.248 e. The third-order valence-corrected chi connectivity index (χ3v) is 3.99. The number of benzene rings is 1. The molecule has 3 N–H and O–H groups in total. The van der Waals surface area contributed by atoms with Crippen molar-refractivity contribution in [3.05, 3.63) is 29.6 Å². The number of primary amides is 1. The fourth-order valence-electron chi connectivity index (χ4n) is 2.73. The minimum absolute atomic E-state index is 0.218. The van der Waals surface area contributed by atoms with E-state index in [1.807, 2.05) is 7.05 Å². The fraction of sp³-hybridized carbons (Fsp3) is 0.533. The normalized spacial score (nSPS) is 16.4. The van der Waals surface area contributed by atoms with E-state index in [1.54, 1.807) is 12.1 Å². The van der Waals surface area contributed by atoms with Crippen molar-refractivity contribution in [1.82, 2.24) is 5.32 Å². The highest BCUT2D eigenvalue weighted by Gasteiger charge is 2.21. The van der Waals surface area contributed by atoms with Gasteiger partial charge in [0.15, 0.2) is 0 Å². The smallest absolute Gasteiger partial charge is 0.248 e. The Morgan fingerprint density at radius 1 is 1.45 bits per heavy atom. The monoisotopic (exact) mass is 279 g/mol. The molecule has 0 spiro atoms. The second-order valence-corrected chi connectivity index (χ2v) is 5.35. The lowest BCUT2D eigenvalue weighted by Gasteiger charge is -2.33. The number of carbonyl (C=O) groups excluding carboxylic acids is 1. The molecule has 1 aliphatic rings. The van der Waals surface area contributed by atoms with Crippen molar-refractivity contribution in [3.63, 3.8) is 0 Å². The first-order chi connectivity index (χ1) is 9.61. The second kappa shape index (κ2) is 6.70. The van der Waals surface area contributed by atoms with Crippen molar-refractivity contribution in [3.8, 4) is 0 Å². The lowest BCUT2D eigenvalue weighted by atomic mass is 9.93.